The molecule has 1 aliphatic heterocycles. The summed E-state index contributed by atoms with van der Waals surface area (Å²) in [5.74, 6) is 0. The molecule has 9 nitrogen and oxygen atoms in total. The molecule has 0 saturated carbocycles. The highest BCUT2D eigenvalue weighted by Gasteiger charge is 2.30. The summed E-state index contributed by atoms with van der Waals surface area (Å²) in [6.07, 6.45) is 4.48. The van der Waals surface area contributed by atoms with Crippen molar-refractivity contribution in [1.29, 1.82) is 0 Å². The Hall–Kier alpha value is -1.47. The van der Waals surface area contributed by atoms with Crippen LogP contribution in [0, 0.1) is 0 Å². The Morgan fingerprint density at radius 2 is 1.62 bits per heavy atom. The van der Waals surface area contributed by atoms with Crippen LogP contribution in [0.15, 0.2) is 53.7 Å². The van der Waals surface area contributed by atoms with E-state index in [0.29, 0.717) is 19.6 Å². The van der Waals surface area contributed by atoms with E-state index in [1.807, 2.05) is 12.1 Å². The fourth-order valence-corrected chi connectivity index (χ4v) is 5.38. The molecule has 0 spiro atoms. The number of anilines is 1. The molecule has 1 saturated heterocycles. The highest BCUT2D eigenvalue weighted by molar-refractivity contribution is 7.92. The zero-order valence-corrected chi connectivity index (χ0v) is 20.8. The normalized spacial score (nSPS) is 18.1. The van der Waals surface area contributed by atoms with Gasteiger partial charge in [0.2, 0.25) is 20.0 Å². The number of nitrogens with zero attached hydrogens (tertiary/aromatic N) is 3. The van der Waals surface area contributed by atoms with E-state index in [2.05, 4.69) is 14.6 Å². The van der Waals surface area contributed by atoms with Gasteiger partial charge in [0.1, 0.15) is 0 Å². The molecule has 2 aromatic rings. The molecule has 1 atom stereocenters. The molecule has 0 bridgehead atoms. The minimum atomic E-state index is -3.81. The Morgan fingerprint density at radius 3 is 2.22 bits per heavy atom. The van der Waals surface area contributed by atoms with E-state index in [1.54, 1.807) is 12.4 Å². The lowest BCUT2D eigenvalue weighted by molar-refractivity contribution is 0.123. The smallest absolute Gasteiger partial charge is 0.243 e. The Bertz CT molecular complexity index is 1050. The molecule has 1 unspecified atom stereocenters. The Labute approximate surface area is 201 Å². The van der Waals surface area contributed by atoms with E-state index in [-0.39, 0.29) is 48.5 Å². The number of hydrogen-bond acceptors (Lipinski definition) is 7. The van der Waals surface area contributed by atoms with Crippen molar-refractivity contribution in [3.8, 4) is 0 Å². The van der Waals surface area contributed by atoms with Crippen molar-refractivity contribution in [2.45, 2.75) is 17.4 Å². The SMILES string of the molecule is CS(=O)(=O)Nc1ccc(S(=O)(=O)N2CCN(CCc3ccncc3)CC(O)C2)cc1.Cl.Cl. The lowest BCUT2D eigenvalue weighted by Crippen LogP contribution is -2.37. The topological polar surface area (TPSA) is 120 Å². The van der Waals surface area contributed by atoms with Gasteiger partial charge < -0.3 is 5.11 Å². The first-order valence-electron chi connectivity index (χ1n) is 9.51. The van der Waals surface area contributed by atoms with Crippen LogP contribution in [0.3, 0.4) is 0 Å². The van der Waals surface area contributed by atoms with Crippen LogP contribution in [0.4, 0.5) is 5.69 Å². The van der Waals surface area contributed by atoms with Gasteiger partial charge >= 0.3 is 0 Å². The van der Waals surface area contributed by atoms with Crippen molar-refractivity contribution in [3.05, 3.63) is 54.4 Å². The highest BCUT2D eigenvalue weighted by Crippen LogP contribution is 2.20. The molecule has 1 aliphatic rings. The predicted molar refractivity (Wildman–Crippen MR) is 129 cm³/mol. The first-order valence-corrected chi connectivity index (χ1v) is 12.8. The minimum absolute atomic E-state index is 0. The number of benzene rings is 1. The van der Waals surface area contributed by atoms with Crippen molar-refractivity contribution in [2.24, 2.45) is 0 Å². The average molecular weight is 527 g/mol. The summed E-state index contributed by atoms with van der Waals surface area (Å²) in [6.45, 7) is 1.89. The predicted octanol–water partition coefficient (Wildman–Crippen LogP) is 1.21. The van der Waals surface area contributed by atoms with Gasteiger partial charge in [-0.25, -0.2) is 16.8 Å². The van der Waals surface area contributed by atoms with Gasteiger partial charge in [-0.15, -0.1) is 24.8 Å². The second-order valence-electron chi connectivity index (χ2n) is 7.32. The molecule has 3 rings (SSSR count). The number of hydrogen-bond donors (Lipinski definition) is 2. The lowest BCUT2D eigenvalue weighted by Gasteiger charge is -2.21. The molecule has 0 aliphatic carbocycles. The third-order valence-corrected chi connectivity index (χ3v) is 7.30. The average Bonchev–Trinajstić information content (AvgIpc) is 2.88. The van der Waals surface area contributed by atoms with E-state index in [1.165, 1.54) is 28.6 Å². The minimum Gasteiger partial charge on any atom is -0.390 e. The first-order chi connectivity index (χ1) is 14.1. The van der Waals surface area contributed by atoms with Gasteiger partial charge in [0.15, 0.2) is 0 Å². The molecule has 1 aromatic carbocycles. The van der Waals surface area contributed by atoms with Crippen molar-refractivity contribution < 1.29 is 21.9 Å². The second kappa shape index (κ2) is 12.1. The van der Waals surface area contributed by atoms with Crippen LogP contribution in [-0.2, 0) is 26.5 Å². The van der Waals surface area contributed by atoms with Crippen molar-refractivity contribution in [3.63, 3.8) is 0 Å². The number of sulfonamides is 2. The van der Waals surface area contributed by atoms with E-state index < -0.39 is 26.2 Å². The van der Waals surface area contributed by atoms with Gasteiger partial charge in [-0.3, -0.25) is 14.6 Å². The maximum absolute atomic E-state index is 13.0. The number of rotatable bonds is 7. The monoisotopic (exact) mass is 526 g/mol. The number of halogens is 2. The van der Waals surface area contributed by atoms with Gasteiger partial charge in [-0.1, -0.05) is 0 Å². The van der Waals surface area contributed by atoms with Crippen LogP contribution < -0.4 is 4.72 Å². The van der Waals surface area contributed by atoms with E-state index in [4.69, 9.17) is 0 Å². The third kappa shape index (κ3) is 8.14. The molecule has 0 amide bonds. The van der Waals surface area contributed by atoms with Gasteiger partial charge in [0.05, 0.1) is 17.3 Å². The Morgan fingerprint density at radius 1 is 1.00 bits per heavy atom. The van der Waals surface area contributed by atoms with Crippen molar-refractivity contribution in [2.75, 3.05) is 43.7 Å². The summed E-state index contributed by atoms with van der Waals surface area (Å²) in [4.78, 5) is 6.10. The van der Waals surface area contributed by atoms with Crippen LogP contribution in [0.1, 0.15) is 5.56 Å². The van der Waals surface area contributed by atoms with Crippen LogP contribution in [0.25, 0.3) is 0 Å². The zero-order valence-electron chi connectivity index (χ0n) is 17.5. The first kappa shape index (κ1) is 28.6. The molecule has 180 valence electrons. The lowest BCUT2D eigenvalue weighted by atomic mass is 10.2. The van der Waals surface area contributed by atoms with Crippen LogP contribution in [0.5, 0.6) is 0 Å². The molecular formula is C19H28Cl2N4O5S2. The van der Waals surface area contributed by atoms with E-state index in [9.17, 15) is 21.9 Å². The quantitative estimate of drug-likeness (QED) is 0.556. The van der Waals surface area contributed by atoms with Gasteiger partial charge in [0, 0.05) is 50.8 Å². The highest BCUT2D eigenvalue weighted by atomic mass is 35.5. The Kier molecular flexibility index (Phi) is 10.8. The maximum Gasteiger partial charge on any atom is 0.243 e. The fraction of sp³-hybridized carbons (Fsp3) is 0.421. The second-order valence-corrected chi connectivity index (χ2v) is 11.0. The van der Waals surface area contributed by atoms with Crippen LogP contribution in [-0.4, -0.2) is 81.2 Å². The van der Waals surface area contributed by atoms with Crippen molar-refractivity contribution in [1.82, 2.24) is 14.2 Å². The standard InChI is InChI=1S/C19H26N4O5S2.2ClH/c1-29(25,26)21-17-2-4-19(5-3-17)30(27,28)23-13-12-22(14-18(24)15-23)11-8-16-6-9-20-10-7-16;;/h2-7,9-10,18,21,24H,8,11-15H2,1H3;2*1H. The van der Waals surface area contributed by atoms with Crippen LogP contribution >= 0.6 is 24.8 Å². The molecule has 1 fully saturated rings. The van der Waals surface area contributed by atoms with Gasteiger partial charge in [0.25, 0.3) is 0 Å². The van der Waals surface area contributed by atoms with Gasteiger partial charge in [-0.2, -0.15) is 4.31 Å². The van der Waals surface area contributed by atoms with E-state index >= 15 is 0 Å². The Balaban J connectivity index is 0.00000256. The molecule has 2 heterocycles. The largest absolute Gasteiger partial charge is 0.390 e. The fourth-order valence-electron chi connectivity index (χ4n) is 3.34. The summed E-state index contributed by atoms with van der Waals surface area (Å²) in [5.41, 5.74) is 1.42. The van der Waals surface area contributed by atoms with Gasteiger partial charge in [-0.05, 0) is 48.4 Å². The number of pyridine rings is 1. The molecule has 13 heteroatoms. The molecule has 0 radical (unpaired) electrons. The number of nitrogens with one attached hydrogen (secondary N) is 1. The summed E-state index contributed by atoms with van der Waals surface area (Å²) in [7, 11) is -7.25. The summed E-state index contributed by atoms with van der Waals surface area (Å²) < 4.78 is 52.2. The molecule has 2 N–H and O–H groups in total. The zero-order chi connectivity index (χ0) is 21.8. The third-order valence-electron chi connectivity index (χ3n) is 4.81. The molecular weight excluding hydrogens is 499 g/mol. The van der Waals surface area contributed by atoms with Crippen LogP contribution in [0.2, 0.25) is 0 Å². The number of aliphatic hydroxyl groups excluding tert-OH is 1. The summed E-state index contributed by atoms with van der Waals surface area (Å²) >= 11 is 0. The summed E-state index contributed by atoms with van der Waals surface area (Å²) in [5, 5.41) is 10.4. The summed E-state index contributed by atoms with van der Waals surface area (Å²) in [6, 6.07) is 9.41. The number of β-amino-alcohol motifs (C(OH)–C–C–N with tert-alkyl or cyclic N) is 1. The molecule has 1 aromatic heterocycles. The van der Waals surface area contributed by atoms with Crippen molar-refractivity contribution >= 4 is 50.5 Å². The van der Waals surface area contributed by atoms with E-state index in [0.717, 1.165) is 18.2 Å². The maximum atomic E-state index is 13.0. The molecule has 32 heavy (non-hydrogen) atoms. The number of aliphatic hydroxyl groups is 1. The number of aromatic nitrogens is 1.